The minimum absolute atomic E-state index is 0.138. The summed E-state index contributed by atoms with van der Waals surface area (Å²) in [5.74, 6) is 6.76. The molecule has 1 aromatic carbocycles. The zero-order valence-electron chi connectivity index (χ0n) is 18.9. The number of likely N-dealkylation sites (tertiary alicyclic amines) is 1. The molecule has 0 aliphatic carbocycles. The number of benzene rings is 1. The maximum atomic E-state index is 11.5. The van der Waals surface area contributed by atoms with Gasteiger partial charge in [0.05, 0.1) is 19.2 Å². The molecule has 0 saturated carbocycles. The number of aliphatic carboxylic acids is 1. The minimum atomic E-state index is -0.729. The molecule has 1 aliphatic rings. The van der Waals surface area contributed by atoms with E-state index in [2.05, 4.69) is 32.8 Å². The van der Waals surface area contributed by atoms with Crippen LogP contribution < -0.4 is 4.74 Å². The topological polar surface area (TPSA) is 88.7 Å². The van der Waals surface area contributed by atoms with Crippen LogP contribution in [0.5, 0.6) is 5.75 Å². The van der Waals surface area contributed by atoms with Crippen molar-refractivity contribution in [2.75, 3.05) is 26.7 Å². The molecule has 1 aliphatic heterocycles. The molecule has 1 N–H and O–H groups in total. The first kappa shape index (κ1) is 22.8. The molecule has 172 valence electrons. The van der Waals surface area contributed by atoms with Crippen LogP contribution in [0.4, 0.5) is 0 Å². The van der Waals surface area contributed by atoms with Crippen LogP contribution in [-0.4, -0.2) is 52.7 Å². The minimum Gasteiger partial charge on any atom is -0.497 e. The highest BCUT2D eigenvalue weighted by molar-refractivity contribution is 5.83. The molecule has 0 spiro atoms. The molecule has 1 fully saturated rings. The predicted octanol–water partition coefficient (Wildman–Crippen LogP) is 4.02. The van der Waals surface area contributed by atoms with Crippen molar-refractivity contribution in [1.29, 1.82) is 0 Å². The molecule has 0 amide bonds. The highest BCUT2D eigenvalue weighted by atomic mass is 16.5. The SMILES string of the molecule is COc1ccc2nccc(CCCC3CCN(CC#Cc4cocn4)CC3CC(=O)O)c2c1. The van der Waals surface area contributed by atoms with Gasteiger partial charge >= 0.3 is 5.97 Å². The largest absolute Gasteiger partial charge is 0.497 e. The summed E-state index contributed by atoms with van der Waals surface area (Å²) in [5.41, 5.74) is 2.85. The lowest BCUT2D eigenvalue weighted by Gasteiger charge is -2.37. The number of fused-ring (bicyclic) bond motifs is 1. The van der Waals surface area contributed by atoms with Crippen LogP contribution in [0.2, 0.25) is 0 Å². The molecule has 2 aromatic heterocycles. The normalized spacial score (nSPS) is 18.6. The zero-order chi connectivity index (χ0) is 23.0. The van der Waals surface area contributed by atoms with Gasteiger partial charge in [-0.3, -0.25) is 14.7 Å². The predicted molar refractivity (Wildman–Crippen MR) is 125 cm³/mol. The van der Waals surface area contributed by atoms with E-state index in [1.807, 2.05) is 24.4 Å². The van der Waals surface area contributed by atoms with Crippen LogP contribution >= 0.6 is 0 Å². The maximum absolute atomic E-state index is 11.5. The zero-order valence-corrected chi connectivity index (χ0v) is 18.9. The van der Waals surface area contributed by atoms with Crippen molar-refractivity contribution >= 4 is 16.9 Å². The molecule has 4 rings (SSSR count). The fourth-order valence-corrected chi connectivity index (χ4v) is 4.73. The summed E-state index contributed by atoms with van der Waals surface area (Å²) >= 11 is 0. The molecule has 2 atom stereocenters. The number of pyridine rings is 1. The van der Waals surface area contributed by atoms with Gasteiger partial charge in [-0.25, -0.2) is 4.98 Å². The summed E-state index contributed by atoms with van der Waals surface area (Å²) in [4.78, 5) is 22.2. The van der Waals surface area contributed by atoms with E-state index in [9.17, 15) is 9.90 Å². The number of aromatic nitrogens is 2. The third-order valence-corrected chi connectivity index (χ3v) is 6.42. The number of carboxylic acids is 1. The Hall–Kier alpha value is -3.37. The Morgan fingerprint density at radius 3 is 3.00 bits per heavy atom. The van der Waals surface area contributed by atoms with Crippen molar-refractivity contribution < 1.29 is 19.1 Å². The number of oxazole rings is 1. The van der Waals surface area contributed by atoms with Crippen LogP contribution in [0.3, 0.4) is 0 Å². The van der Waals surface area contributed by atoms with Gasteiger partial charge in [-0.15, -0.1) is 0 Å². The van der Waals surface area contributed by atoms with Crippen molar-refractivity contribution in [3.05, 3.63) is 54.4 Å². The molecule has 0 radical (unpaired) electrons. The lowest BCUT2D eigenvalue weighted by molar-refractivity contribution is -0.139. The first-order valence-electron chi connectivity index (χ1n) is 11.3. The van der Waals surface area contributed by atoms with Gasteiger partial charge in [-0.1, -0.05) is 5.92 Å². The summed E-state index contributed by atoms with van der Waals surface area (Å²) < 4.78 is 10.3. The monoisotopic (exact) mass is 447 g/mol. The Labute approximate surface area is 193 Å². The van der Waals surface area contributed by atoms with Gasteiger partial charge in [0.2, 0.25) is 0 Å². The van der Waals surface area contributed by atoms with Crippen molar-refractivity contribution in [3.63, 3.8) is 0 Å². The van der Waals surface area contributed by atoms with E-state index in [1.165, 1.54) is 18.2 Å². The molecule has 3 heterocycles. The Kier molecular flexibility index (Phi) is 7.59. The van der Waals surface area contributed by atoms with Crippen LogP contribution in [0, 0.1) is 23.7 Å². The molecular weight excluding hydrogens is 418 g/mol. The Balaban J connectivity index is 1.35. The van der Waals surface area contributed by atoms with Crippen molar-refractivity contribution in [2.24, 2.45) is 11.8 Å². The van der Waals surface area contributed by atoms with Gasteiger partial charge in [0.1, 0.15) is 12.0 Å². The standard InChI is InChI=1S/C26H29N3O4/c1-32-23-7-8-25-24(15-23)20(9-11-27-25)5-2-4-19-10-13-29(16-21(19)14-26(30)31)12-3-6-22-17-33-18-28-22/h7-9,11,15,17-19,21H,2,4-5,10,12-14,16H2,1H3,(H,30,31). The first-order chi connectivity index (χ1) is 16.1. The van der Waals surface area contributed by atoms with Crippen LogP contribution in [-0.2, 0) is 11.2 Å². The number of hydrogen-bond donors (Lipinski definition) is 1. The number of carboxylic acid groups (broad SMARTS) is 1. The summed E-state index contributed by atoms with van der Waals surface area (Å²) in [5, 5.41) is 10.6. The highest BCUT2D eigenvalue weighted by Crippen LogP contribution is 2.31. The number of methoxy groups -OCH3 is 1. The first-order valence-corrected chi connectivity index (χ1v) is 11.3. The van der Waals surface area contributed by atoms with E-state index >= 15 is 0 Å². The van der Waals surface area contributed by atoms with E-state index in [-0.39, 0.29) is 12.3 Å². The molecule has 3 aromatic rings. The third-order valence-electron chi connectivity index (χ3n) is 6.42. The molecule has 7 heteroatoms. The summed E-state index contributed by atoms with van der Waals surface area (Å²) in [6.07, 6.45) is 8.92. The number of nitrogens with zero attached hydrogens (tertiary/aromatic N) is 3. The van der Waals surface area contributed by atoms with Crippen molar-refractivity contribution in [3.8, 4) is 17.6 Å². The smallest absolute Gasteiger partial charge is 0.303 e. The second kappa shape index (κ2) is 11.0. The fraction of sp³-hybridized carbons (Fsp3) is 0.423. The molecule has 33 heavy (non-hydrogen) atoms. The summed E-state index contributed by atoms with van der Waals surface area (Å²) in [6.45, 7) is 2.31. The van der Waals surface area contributed by atoms with E-state index in [0.717, 1.165) is 55.4 Å². The van der Waals surface area contributed by atoms with E-state index in [1.54, 1.807) is 7.11 Å². The molecule has 1 saturated heterocycles. The van der Waals surface area contributed by atoms with E-state index in [0.29, 0.717) is 18.2 Å². The van der Waals surface area contributed by atoms with Gasteiger partial charge in [-0.05, 0) is 79.8 Å². The quantitative estimate of drug-likeness (QED) is 0.522. The van der Waals surface area contributed by atoms with Crippen LogP contribution in [0.1, 0.15) is 36.9 Å². The molecule has 2 unspecified atom stereocenters. The lowest BCUT2D eigenvalue weighted by atomic mass is 9.80. The van der Waals surface area contributed by atoms with Crippen LogP contribution in [0.15, 0.2) is 47.5 Å². The molecule has 0 bridgehead atoms. The molecular formula is C26H29N3O4. The molecule has 7 nitrogen and oxygen atoms in total. The average Bonchev–Trinajstić information content (AvgIpc) is 3.33. The second-order valence-corrected chi connectivity index (χ2v) is 8.56. The third kappa shape index (κ3) is 6.11. The highest BCUT2D eigenvalue weighted by Gasteiger charge is 2.30. The van der Waals surface area contributed by atoms with Gasteiger partial charge in [0, 0.05) is 24.5 Å². The van der Waals surface area contributed by atoms with Crippen LogP contribution in [0.25, 0.3) is 10.9 Å². The Morgan fingerprint density at radius 2 is 2.21 bits per heavy atom. The second-order valence-electron chi connectivity index (χ2n) is 8.56. The van der Waals surface area contributed by atoms with Gasteiger partial charge in [-0.2, -0.15) is 0 Å². The Morgan fingerprint density at radius 1 is 1.30 bits per heavy atom. The van der Waals surface area contributed by atoms with Crippen molar-refractivity contribution in [1.82, 2.24) is 14.9 Å². The van der Waals surface area contributed by atoms with E-state index in [4.69, 9.17) is 9.15 Å². The number of hydrogen-bond acceptors (Lipinski definition) is 6. The Bertz CT molecular complexity index is 1130. The lowest BCUT2D eigenvalue weighted by Crippen LogP contribution is -2.41. The van der Waals surface area contributed by atoms with Gasteiger partial charge in [0.25, 0.3) is 0 Å². The summed E-state index contributed by atoms with van der Waals surface area (Å²) in [7, 11) is 1.67. The average molecular weight is 448 g/mol. The number of aryl methyl sites for hydroxylation is 1. The number of carbonyl (C=O) groups is 1. The van der Waals surface area contributed by atoms with Crippen molar-refractivity contribution in [2.45, 2.75) is 32.1 Å². The maximum Gasteiger partial charge on any atom is 0.303 e. The van der Waals surface area contributed by atoms with Gasteiger partial charge in [0.15, 0.2) is 12.1 Å². The fourth-order valence-electron chi connectivity index (χ4n) is 4.73. The van der Waals surface area contributed by atoms with E-state index < -0.39 is 5.97 Å². The summed E-state index contributed by atoms with van der Waals surface area (Å²) in [6, 6.07) is 8.04. The van der Waals surface area contributed by atoms with Gasteiger partial charge < -0.3 is 14.3 Å². The number of ether oxygens (including phenoxy) is 1. The number of piperidine rings is 1. The number of rotatable bonds is 8.